The van der Waals surface area contributed by atoms with Crippen molar-refractivity contribution in [2.24, 2.45) is 5.92 Å². The van der Waals surface area contributed by atoms with Gasteiger partial charge in [-0.05, 0) is 43.9 Å². The van der Waals surface area contributed by atoms with Gasteiger partial charge in [-0.2, -0.15) is 0 Å². The van der Waals surface area contributed by atoms with Crippen LogP contribution in [0, 0.1) is 5.92 Å². The van der Waals surface area contributed by atoms with E-state index < -0.39 is 0 Å². The lowest BCUT2D eigenvalue weighted by Crippen LogP contribution is -2.47. The molecule has 2 amide bonds. The molecule has 0 atom stereocenters. The smallest absolute Gasteiger partial charge is 0.253 e. The molecule has 2 fully saturated rings. The van der Waals surface area contributed by atoms with Crippen molar-refractivity contribution in [3.8, 4) is 11.5 Å². The molecule has 1 N–H and O–H groups in total. The van der Waals surface area contributed by atoms with Gasteiger partial charge in [-0.15, -0.1) is 0 Å². The molecule has 3 rings (SSSR count). The van der Waals surface area contributed by atoms with E-state index in [4.69, 9.17) is 9.47 Å². The van der Waals surface area contributed by atoms with Crippen LogP contribution in [0.15, 0.2) is 18.2 Å². The molecule has 2 aliphatic rings. The first-order valence-electron chi connectivity index (χ1n) is 9.44. The number of amides is 2. The number of hydrogen-bond donors (Lipinski definition) is 1. The summed E-state index contributed by atoms with van der Waals surface area (Å²) in [6, 6.07) is 5.41. The fraction of sp³-hybridized carbons (Fsp3) is 0.600. The van der Waals surface area contributed by atoms with Gasteiger partial charge in [0.15, 0.2) is 11.5 Å². The lowest BCUT2D eigenvalue weighted by Gasteiger charge is -2.33. The Balaban J connectivity index is 1.54. The fourth-order valence-electron chi connectivity index (χ4n) is 3.89. The third kappa shape index (κ3) is 4.11. The van der Waals surface area contributed by atoms with E-state index in [-0.39, 0.29) is 23.8 Å². The predicted molar refractivity (Wildman–Crippen MR) is 98.6 cm³/mol. The molecule has 6 heteroatoms. The highest BCUT2D eigenvalue weighted by Gasteiger charge is 2.28. The highest BCUT2D eigenvalue weighted by atomic mass is 16.5. The molecule has 26 heavy (non-hydrogen) atoms. The van der Waals surface area contributed by atoms with E-state index in [2.05, 4.69) is 5.32 Å². The van der Waals surface area contributed by atoms with Crippen LogP contribution in [0.5, 0.6) is 11.5 Å². The van der Waals surface area contributed by atoms with Crippen LogP contribution in [-0.4, -0.2) is 50.1 Å². The predicted octanol–water partition coefficient (Wildman–Crippen LogP) is 2.61. The van der Waals surface area contributed by atoms with E-state index in [0.29, 0.717) is 30.2 Å². The monoisotopic (exact) mass is 360 g/mol. The zero-order valence-electron chi connectivity index (χ0n) is 15.6. The zero-order chi connectivity index (χ0) is 18.5. The standard InChI is InChI=1S/C20H28N2O4/c1-25-17-8-7-15(13-18(17)26-2)20(24)22-11-9-16(10-12-22)21-19(23)14-5-3-4-6-14/h7-8,13-14,16H,3-6,9-12H2,1-2H3,(H,21,23). The Labute approximate surface area is 154 Å². The summed E-state index contributed by atoms with van der Waals surface area (Å²) >= 11 is 0. The summed E-state index contributed by atoms with van der Waals surface area (Å²) in [6.45, 7) is 1.31. The fourth-order valence-corrected chi connectivity index (χ4v) is 3.89. The first kappa shape index (κ1) is 18.5. The Morgan fingerprint density at radius 1 is 1.00 bits per heavy atom. The summed E-state index contributed by atoms with van der Waals surface area (Å²) in [5, 5.41) is 3.18. The van der Waals surface area contributed by atoms with Crippen LogP contribution in [0.3, 0.4) is 0 Å². The van der Waals surface area contributed by atoms with Crippen molar-refractivity contribution in [3.63, 3.8) is 0 Å². The molecule has 1 aliphatic heterocycles. The number of likely N-dealkylation sites (tertiary alicyclic amines) is 1. The first-order valence-corrected chi connectivity index (χ1v) is 9.44. The molecule has 1 heterocycles. The summed E-state index contributed by atoms with van der Waals surface area (Å²) in [4.78, 5) is 26.9. The summed E-state index contributed by atoms with van der Waals surface area (Å²) in [5.74, 6) is 1.55. The van der Waals surface area contributed by atoms with Crippen LogP contribution >= 0.6 is 0 Å². The zero-order valence-corrected chi connectivity index (χ0v) is 15.6. The molecular weight excluding hydrogens is 332 g/mol. The Morgan fingerprint density at radius 3 is 2.27 bits per heavy atom. The minimum Gasteiger partial charge on any atom is -0.493 e. The highest BCUT2D eigenvalue weighted by Crippen LogP contribution is 2.29. The average molecular weight is 360 g/mol. The van der Waals surface area contributed by atoms with Crippen molar-refractivity contribution in [2.45, 2.75) is 44.6 Å². The number of carbonyl (C=O) groups is 2. The molecule has 1 aliphatic carbocycles. The molecule has 1 saturated carbocycles. The van der Waals surface area contributed by atoms with Crippen molar-refractivity contribution in [1.29, 1.82) is 0 Å². The summed E-state index contributed by atoms with van der Waals surface area (Å²) in [7, 11) is 3.13. The normalized spacial score (nSPS) is 18.6. The number of benzene rings is 1. The molecule has 1 aromatic carbocycles. The van der Waals surface area contributed by atoms with Gasteiger partial charge in [-0.1, -0.05) is 12.8 Å². The summed E-state index contributed by atoms with van der Waals surface area (Å²) in [5.41, 5.74) is 0.594. The minimum absolute atomic E-state index is 0.00785. The third-order valence-electron chi connectivity index (χ3n) is 5.49. The number of nitrogens with one attached hydrogen (secondary N) is 1. The number of hydrogen-bond acceptors (Lipinski definition) is 4. The third-order valence-corrected chi connectivity index (χ3v) is 5.49. The van der Waals surface area contributed by atoms with Gasteiger partial charge < -0.3 is 19.7 Å². The van der Waals surface area contributed by atoms with Crippen molar-refractivity contribution >= 4 is 11.8 Å². The van der Waals surface area contributed by atoms with Crippen LogP contribution in [0.25, 0.3) is 0 Å². The molecule has 0 unspecified atom stereocenters. The second-order valence-electron chi connectivity index (χ2n) is 7.13. The number of ether oxygens (including phenoxy) is 2. The number of piperidine rings is 1. The first-order chi connectivity index (χ1) is 12.6. The van der Waals surface area contributed by atoms with Gasteiger partial charge in [0.05, 0.1) is 14.2 Å². The average Bonchev–Trinajstić information content (AvgIpc) is 3.22. The SMILES string of the molecule is COc1ccc(C(=O)N2CCC(NC(=O)C3CCCC3)CC2)cc1OC. The molecule has 0 radical (unpaired) electrons. The van der Waals surface area contributed by atoms with E-state index in [0.717, 1.165) is 38.5 Å². The van der Waals surface area contributed by atoms with E-state index in [1.165, 1.54) is 0 Å². The van der Waals surface area contributed by atoms with Crippen LogP contribution < -0.4 is 14.8 Å². The second kappa shape index (κ2) is 8.43. The highest BCUT2D eigenvalue weighted by molar-refractivity contribution is 5.95. The van der Waals surface area contributed by atoms with Crippen LogP contribution in [0.1, 0.15) is 48.9 Å². The molecule has 1 aromatic rings. The van der Waals surface area contributed by atoms with Crippen molar-refractivity contribution in [3.05, 3.63) is 23.8 Å². The van der Waals surface area contributed by atoms with E-state index in [1.54, 1.807) is 32.4 Å². The summed E-state index contributed by atoms with van der Waals surface area (Å²) in [6.07, 6.45) is 5.96. The minimum atomic E-state index is -0.00785. The van der Waals surface area contributed by atoms with Crippen molar-refractivity contribution in [1.82, 2.24) is 10.2 Å². The maximum atomic E-state index is 12.7. The van der Waals surface area contributed by atoms with Crippen LogP contribution in [0.4, 0.5) is 0 Å². The number of methoxy groups -OCH3 is 2. The Hall–Kier alpha value is -2.24. The van der Waals surface area contributed by atoms with Gasteiger partial charge in [-0.25, -0.2) is 0 Å². The van der Waals surface area contributed by atoms with Crippen LogP contribution in [-0.2, 0) is 4.79 Å². The molecule has 0 spiro atoms. The Bertz CT molecular complexity index is 647. The van der Waals surface area contributed by atoms with E-state index in [9.17, 15) is 9.59 Å². The van der Waals surface area contributed by atoms with E-state index in [1.807, 2.05) is 4.90 Å². The second-order valence-corrected chi connectivity index (χ2v) is 7.13. The largest absolute Gasteiger partial charge is 0.493 e. The molecule has 0 bridgehead atoms. The van der Waals surface area contributed by atoms with Gasteiger partial charge in [0.2, 0.25) is 5.91 Å². The molecule has 142 valence electrons. The topological polar surface area (TPSA) is 67.9 Å². The van der Waals surface area contributed by atoms with Gasteiger partial charge >= 0.3 is 0 Å². The van der Waals surface area contributed by atoms with Gasteiger partial charge in [-0.3, -0.25) is 9.59 Å². The number of carbonyl (C=O) groups excluding carboxylic acids is 2. The summed E-state index contributed by atoms with van der Waals surface area (Å²) < 4.78 is 10.5. The Morgan fingerprint density at radius 2 is 1.65 bits per heavy atom. The maximum Gasteiger partial charge on any atom is 0.253 e. The molecular formula is C20H28N2O4. The maximum absolute atomic E-state index is 12.7. The van der Waals surface area contributed by atoms with Crippen molar-refractivity contribution in [2.75, 3.05) is 27.3 Å². The number of nitrogens with zero attached hydrogens (tertiary/aromatic N) is 1. The van der Waals surface area contributed by atoms with E-state index >= 15 is 0 Å². The van der Waals surface area contributed by atoms with Gasteiger partial charge in [0.25, 0.3) is 5.91 Å². The van der Waals surface area contributed by atoms with Gasteiger partial charge in [0, 0.05) is 30.6 Å². The van der Waals surface area contributed by atoms with Crippen molar-refractivity contribution < 1.29 is 19.1 Å². The lowest BCUT2D eigenvalue weighted by atomic mass is 10.0. The molecule has 6 nitrogen and oxygen atoms in total. The number of rotatable bonds is 5. The van der Waals surface area contributed by atoms with Crippen LogP contribution in [0.2, 0.25) is 0 Å². The Kier molecular flexibility index (Phi) is 6.01. The quantitative estimate of drug-likeness (QED) is 0.876. The molecule has 0 aromatic heterocycles. The van der Waals surface area contributed by atoms with Gasteiger partial charge in [0.1, 0.15) is 0 Å². The molecule has 1 saturated heterocycles. The lowest BCUT2D eigenvalue weighted by molar-refractivity contribution is -0.125.